The number of rotatable bonds is 4. The Bertz CT molecular complexity index is 497. The predicted molar refractivity (Wildman–Crippen MR) is 97.4 cm³/mol. The highest BCUT2D eigenvalue weighted by Crippen LogP contribution is 2.35. The minimum absolute atomic E-state index is 1.06. The van der Waals surface area contributed by atoms with Crippen LogP contribution in [0.1, 0.15) is 30.4 Å². The zero-order valence-corrected chi connectivity index (χ0v) is 15.1. The molecule has 0 spiro atoms. The topological polar surface area (TPSA) is 3.24 Å². The average molecular weight is 328 g/mol. The Morgan fingerprint density at radius 3 is 1.54 bits per heavy atom. The number of piperidine rings is 3. The molecular formula is C21H33N3+2. The van der Waals surface area contributed by atoms with Gasteiger partial charge >= 0.3 is 0 Å². The Hall–Kier alpha value is -0.900. The van der Waals surface area contributed by atoms with Crippen molar-refractivity contribution in [2.75, 3.05) is 58.9 Å². The molecule has 6 heterocycles. The van der Waals surface area contributed by atoms with Crippen LogP contribution in [0, 0.1) is 5.92 Å². The Labute approximate surface area is 147 Å². The summed E-state index contributed by atoms with van der Waals surface area (Å²) in [4.78, 5) is 2.64. The van der Waals surface area contributed by atoms with Gasteiger partial charge in [0.05, 0.1) is 39.3 Å². The van der Waals surface area contributed by atoms with E-state index in [2.05, 4.69) is 29.2 Å². The van der Waals surface area contributed by atoms with Crippen LogP contribution in [-0.4, -0.2) is 72.8 Å². The maximum absolute atomic E-state index is 2.64. The molecule has 24 heavy (non-hydrogen) atoms. The van der Waals surface area contributed by atoms with Crippen molar-refractivity contribution >= 4 is 0 Å². The van der Waals surface area contributed by atoms with Crippen molar-refractivity contribution < 1.29 is 8.97 Å². The van der Waals surface area contributed by atoms with Gasteiger partial charge in [-0.2, -0.15) is 0 Å². The highest BCUT2D eigenvalue weighted by Gasteiger charge is 2.40. The lowest BCUT2D eigenvalue weighted by Crippen LogP contribution is -2.66. The third kappa shape index (κ3) is 2.81. The van der Waals surface area contributed by atoms with Gasteiger partial charge in [-0.25, -0.2) is 0 Å². The fraction of sp³-hybridized carbons (Fsp3) is 0.714. The molecule has 0 radical (unpaired) electrons. The van der Waals surface area contributed by atoms with E-state index in [1.807, 2.05) is 0 Å². The van der Waals surface area contributed by atoms with E-state index in [9.17, 15) is 0 Å². The van der Waals surface area contributed by atoms with E-state index in [-0.39, 0.29) is 0 Å². The number of fused-ring (bicyclic) bond motifs is 6. The molecule has 6 aliphatic heterocycles. The first kappa shape index (κ1) is 15.4. The standard InChI is InChI=1S/C21H33N3/c1-3-21(18-24-14-8-22(9-15-24)10-16-24)4-2-20(1)17-23-11-5-19(6-12-23)7-13-23/h1-4,19H,5-18H2/q+2. The molecule has 0 aliphatic carbocycles. The summed E-state index contributed by atoms with van der Waals surface area (Å²) in [5, 5.41) is 0. The fourth-order valence-corrected chi connectivity index (χ4v) is 5.87. The van der Waals surface area contributed by atoms with Crippen LogP contribution in [0.2, 0.25) is 0 Å². The van der Waals surface area contributed by atoms with Crippen LogP contribution >= 0.6 is 0 Å². The highest BCUT2D eigenvalue weighted by molar-refractivity contribution is 5.21. The van der Waals surface area contributed by atoms with Gasteiger partial charge in [-0.1, -0.05) is 24.3 Å². The van der Waals surface area contributed by atoms with Gasteiger partial charge in [-0.3, -0.25) is 4.90 Å². The van der Waals surface area contributed by atoms with Gasteiger partial charge in [-0.15, -0.1) is 0 Å². The molecule has 4 bridgehead atoms. The Morgan fingerprint density at radius 2 is 1.08 bits per heavy atom. The van der Waals surface area contributed by atoms with Crippen molar-refractivity contribution in [3.8, 4) is 0 Å². The normalized spacial score (nSPS) is 40.8. The molecule has 0 atom stereocenters. The monoisotopic (exact) mass is 327 g/mol. The van der Waals surface area contributed by atoms with Gasteiger partial charge in [0.2, 0.25) is 0 Å². The molecule has 6 aliphatic rings. The van der Waals surface area contributed by atoms with E-state index in [4.69, 9.17) is 0 Å². The maximum atomic E-state index is 2.64. The van der Waals surface area contributed by atoms with Gasteiger partial charge in [0, 0.05) is 30.8 Å². The molecule has 3 nitrogen and oxygen atoms in total. The van der Waals surface area contributed by atoms with E-state index in [0.29, 0.717) is 0 Å². The molecule has 0 unspecified atom stereocenters. The third-order valence-electron chi connectivity index (χ3n) is 7.77. The van der Waals surface area contributed by atoms with Crippen molar-refractivity contribution in [3.05, 3.63) is 35.4 Å². The number of benzene rings is 1. The van der Waals surface area contributed by atoms with Gasteiger partial charge in [-0.05, 0) is 25.2 Å². The molecule has 130 valence electrons. The average Bonchev–Trinajstić information content (AvgIpc) is 2.66. The quantitative estimate of drug-likeness (QED) is 0.768. The van der Waals surface area contributed by atoms with Crippen molar-refractivity contribution in [2.24, 2.45) is 5.92 Å². The second-order valence-corrected chi connectivity index (χ2v) is 9.23. The summed E-state index contributed by atoms with van der Waals surface area (Å²) in [6, 6.07) is 9.78. The maximum Gasteiger partial charge on any atom is 0.104 e. The number of quaternary nitrogens is 2. The SMILES string of the molecule is c1cc(C[N+]23CCN(CC2)CC3)ccc1C[N+]12CCC(CC1)CC2. The van der Waals surface area contributed by atoms with E-state index >= 15 is 0 Å². The zero-order chi connectivity index (χ0) is 16.0. The van der Waals surface area contributed by atoms with E-state index in [1.165, 1.54) is 100 Å². The van der Waals surface area contributed by atoms with Gasteiger partial charge in [0.25, 0.3) is 0 Å². The van der Waals surface area contributed by atoms with E-state index in [0.717, 1.165) is 5.92 Å². The minimum Gasteiger partial charge on any atom is -0.320 e. The lowest BCUT2D eigenvalue weighted by Gasteiger charge is -2.50. The largest absolute Gasteiger partial charge is 0.320 e. The summed E-state index contributed by atoms with van der Waals surface area (Å²) in [5.74, 6) is 1.06. The summed E-state index contributed by atoms with van der Waals surface area (Å²) in [6.07, 6.45) is 4.44. The molecule has 0 amide bonds. The summed E-state index contributed by atoms with van der Waals surface area (Å²) in [5.41, 5.74) is 3.13. The first-order chi connectivity index (χ1) is 11.7. The number of nitrogens with zero attached hydrogens (tertiary/aromatic N) is 3. The fourth-order valence-electron chi connectivity index (χ4n) is 5.87. The Balaban J connectivity index is 1.26. The third-order valence-corrected chi connectivity index (χ3v) is 7.77. The van der Waals surface area contributed by atoms with Crippen molar-refractivity contribution in [1.82, 2.24) is 4.90 Å². The lowest BCUT2D eigenvalue weighted by molar-refractivity contribution is -0.955. The lowest BCUT2D eigenvalue weighted by atomic mass is 9.85. The van der Waals surface area contributed by atoms with Crippen molar-refractivity contribution in [2.45, 2.75) is 32.4 Å². The number of hydrogen-bond donors (Lipinski definition) is 0. The molecule has 7 rings (SSSR count). The Morgan fingerprint density at radius 1 is 0.667 bits per heavy atom. The summed E-state index contributed by atoms with van der Waals surface area (Å²) >= 11 is 0. The summed E-state index contributed by atoms with van der Waals surface area (Å²) < 4.78 is 2.73. The molecule has 0 saturated carbocycles. The number of piperazine rings is 3. The summed E-state index contributed by atoms with van der Waals surface area (Å²) in [6.45, 7) is 14.9. The van der Waals surface area contributed by atoms with Gasteiger partial charge < -0.3 is 8.97 Å². The first-order valence-corrected chi connectivity index (χ1v) is 10.2. The van der Waals surface area contributed by atoms with Gasteiger partial charge in [0.15, 0.2) is 0 Å². The summed E-state index contributed by atoms with van der Waals surface area (Å²) in [7, 11) is 0. The predicted octanol–water partition coefficient (Wildman–Crippen LogP) is 2.46. The molecule has 1 aromatic carbocycles. The van der Waals surface area contributed by atoms with Crippen LogP contribution in [0.4, 0.5) is 0 Å². The Kier molecular flexibility index (Phi) is 3.73. The number of hydrogen-bond acceptors (Lipinski definition) is 1. The van der Waals surface area contributed by atoms with Crippen LogP contribution in [0.5, 0.6) is 0 Å². The molecule has 3 heteroatoms. The van der Waals surface area contributed by atoms with E-state index in [1.54, 1.807) is 11.1 Å². The molecule has 0 N–H and O–H groups in total. The van der Waals surface area contributed by atoms with Crippen LogP contribution in [0.3, 0.4) is 0 Å². The molecule has 6 fully saturated rings. The van der Waals surface area contributed by atoms with Crippen molar-refractivity contribution in [3.63, 3.8) is 0 Å². The highest BCUT2D eigenvalue weighted by atomic mass is 15.4. The molecule has 0 aromatic heterocycles. The van der Waals surface area contributed by atoms with Crippen LogP contribution < -0.4 is 0 Å². The van der Waals surface area contributed by atoms with Gasteiger partial charge in [0.1, 0.15) is 13.1 Å². The van der Waals surface area contributed by atoms with Crippen LogP contribution in [0.15, 0.2) is 24.3 Å². The van der Waals surface area contributed by atoms with Crippen LogP contribution in [-0.2, 0) is 13.1 Å². The zero-order valence-electron chi connectivity index (χ0n) is 15.1. The van der Waals surface area contributed by atoms with Crippen LogP contribution in [0.25, 0.3) is 0 Å². The second-order valence-electron chi connectivity index (χ2n) is 9.23. The molecule has 6 saturated heterocycles. The molecule has 1 aromatic rings. The molecular weight excluding hydrogens is 294 g/mol. The van der Waals surface area contributed by atoms with E-state index < -0.39 is 0 Å². The second kappa shape index (κ2) is 5.82. The van der Waals surface area contributed by atoms with Crippen molar-refractivity contribution in [1.29, 1.82) is 0 Å². The minimum atomic E-state index is 1.06. The smallest absolute Gasteiger partial charge is 0.104 e. The first-order valence-electron chi connectivity index (χ1n) is 10.2.